The lowest BCUT2D eigenvalue weighted by molar-refractivity contribution is -0.383. The van der Waals surface area contributed by atoms with Crippen LogP contribution in [0.3, 0.4) is 0 Å². The molecule has 2 rings (SSSR count). The maximum Gasteiger partial charge on any atom is 0.295 e. The van der Waals surface area contributed by atoms with Gasteiger partial charge in [-0.2, -0.15) is 0 Å². The van der Waals surface area contributed by atoms with Crippen LogP contribution in [-0.4, -0.2) is 28.9 Å². The van der Waals surface area contributed by atoms with Crippen molar-refractivity contribution < 1.29 is 9.72 Å². The van der Waals surface area contributed by atoms with E-state index in [0.29, 0.717) is 24.0 Å². The third-order valence-electron chi connectivity index (χ3n) is 2.76. The van der Waals surface area contributed by atoms with E-state index in [9.17, 15) is 14.9 Å². The molecule has 0 aliphatic carbocycles. The van der Waals surface area contributed by atoms with Crippen molar-refractivity contribution in [3.63, 3.8) is 0 Å². The van der Waals surface area contributed by atoms with Gasteiger partial charge in [0.05, 0.1) is 4.92 Å². The molecule has 0 saturated carbocycles. The van der Waals surface area contributed by atoms with Gasteiger partial charge < -0.3 is 10.6 Å². The van der Waals surface area contributed by atoms with E-state index >= 15 is 0 Å². The number of benzene rings is 1. The average molecular weight is 274 g/mol. The highest BCUT2D eigenvalue weighted by atomic mass is 16.6. The van der Waals surface area contributed by atoms with E-state index in [4.69, 9.17) is 0 Å². The fourth-order valence-corrected chi connectivity index (χ4v) is 1.89. The van der Waals surface area contributed by atoms with Gasteiger partial charge >= 0.3 is 0 Å². The van der Waals surface area contributed by atoms with Crippen LogP contribution in [0.15, 0.2) is 30.5 Å². The van der Waals surface area contributed by atoms with Crippen LogP contribution in [0.5, 0.6) is 0 Å². The Kier molecular flexibility index (Phi) is 4.09. The van der Waals surface area contributed by atoms with Gasteiger partial charge in [-0.25, -0.2) is 4.98 Å². The fraction of sp³-hybridized carbons (Fsp3) is 0.231. The first kappa shape index (κ1) is 13.7. The molecule has 1 heterocycles. The lowest BCUT2D eigenvalue weighted by Crippen LogP contribution is -2.26. The molecule has 104 valence electrons. The van der Waals surface area contributed by atoms with Crippen molar-refractivity contribution in [2.75, 3.05) is 18.4 Å². The van der Waals surface area contributed by atoms with Crippen molar-refractivity contribution in [1.29, 1.82) is 0 Å². The Labute approximate surface area is 115 Å². The fourth-order valence-electron chi connectivity index (χ4n) is 1.89. The van der Waals surface area contributed by atoms with Gasteiger partial charge in [-0.05, 0) is 18.2 Å². The molecule has 1 aromatic carbocycles. The Bertz CT molecular complexity index is 657. The molecule has 0 aliphatic rings. The molecular weight excluding hydrogens is 260 g/mol. The lowest BCUT2D eigenvalue weighted by Gasteiger charge is -2.09. The largest absolute Gasteiger partial charge is 0.383 e. The molecule has 0 bridgehead atoms. The van der Waals surface area contributed by atoms with E-state index in [0.717, 1.165) is 5.69 Å². The van der Waals surface area contributed by atoms with Crippen LogP contribution in [0.25, 0.3) is 10.9 Å². The highest BCUT2D eigenvalue weighted by Gasteiger charge is 2.14. The van der Waals surface area contributed by atoms with Gasteiger partial charge in [0.1, 0.15) is 5.52 Å². The summed E-state index contributed by atoms with van der Waals surface area (Å²) in [7, 11) is 0. The quantitative estimate of drug-likeness (QED) is 0.491. The van der Waals surface area contributed by atoms with Crippen LogP contribution in [-0.2, 0) is 4.79 Å². The third-order valence-corrected chi connectivity index (χ3v) is 2.76. The van der Waals surface area contributed by atoms with Crippen LogP contribution in [0.2, 0.25) is 0 Å². The normalized spacial score (nSPS) is 10.2. The minimum absolute atomic E-state index is 0.0204. The third kappa shape index (κ3) is 3.00. The summed E-state index contributed by atoms with van der Waals surface area (Å²) in [5.41, 5.74) is 1.08. The van der Waals surface area contributed by atoms with E-state index in [1.807, 2.05) is 0 Å². The highest BCUT2D eigenvalue weighted by Crippen LogP contribution is 2.29. The summed E-state index contributed by atoms with van der Waals surface area (Å²) in [6.45, 7) is 2.46. The molecular formula is C13H14N4O3. The second-order valence-electron chi connectivity index (χ2n) is 4.20. The molecule has 20 heavy (non-hydrogen) atoms. The molecule has 1 aromatic heterocycles. The first-order valence-corrected chi connectivity index (χ1v) is 6.10. The van der Waals surface area contributed by atoms with Gasteiger partial charge in [0.15, 0.2) is 0 Å². The standard InChI is InChI=1S/C13H14N4O3/c1-9(18)14-7-8-15-11-4-5-12(17(19)20)13-10(11)3-2-6-16-13/h2-6,15H,7-8H2,1H3,(H,14,18). The van der Waals surface area contributed by atoms with E-state index in [2.05, 4.69) is 15.6 Å². The molecule has 0 radical (unpaired) electrons. The molecule has 2 N–H and O–H groups in total. The van der Waals surface area contributed by atoms with E-state index < -0.39 is 4.92 Å². The summed E-state index contributed by atoms with van der Waals surface area (Å²) in [5, 5.41) is 17.4. The molecule has 0 saturated heterocycles. The van der Waals surface area contributed by atoms with Gasteiger partial charge in [-0.15, -0.1) is 0 Å². The van der Waals surface area contributed by atoms with E-state index in [1.165, 1.54) is 19.2 Å². The van der Waals surface area contributed by atoms with Crippen LogP contribution in [0, 0.1) is 10.1 Å². The topological polar surface area (TPSA) is 97.2 Å². The van der Waals surface area contributed by atoms with Crippen LogP contribution in [0.1, 0.15) is 6.92 Å². The zero-order valence-corrected chi connectivity index (χ0v) is 10.9. The van der Waals surface area contributed by atoms with Crippen molar-refractivity contribution in [3.8, 4) is 0 Å². The first-order valence-electron chi connectivity index (χ1n) is 6.10. The number of hydrogen-bond acceptors (Lipinski definition) is 5. The zero-order valence-electron chi connectivity index (χ0n) is 10.9. The Balaban J connectivity index is 2.24. The maximum atomic E-state index is 11.0. The Hall–Kier alpha value is -2.70. The smallest absolute Gasteiger partial charge is 0.295 e. The zero-order chi connectivity index (χ0) is 14.5. The molecule has 0 atom stereocenters. The van der Waals surface area contributed by atoms with E-state index in [1.54, 1.807) is 18.2 Å². The first-order chi connectivity index (χ1) is 9.59. The molecule has 2 aromatic rings. The molecule has 7 nitrogen and oxygen atoms in total. The number of carbonyl (C=O) groups excluding carboxylic acids is 1. The summed E-state index contributed by atoms with van der Waals surface area (Å²) in [5.74, 6) is -0.0953. The lowest BCUT2D eigenvalue weighted by atomic mass is 10.1. The van der Waals surface area contributed by atoms with Crippen molar-refractivity contribution in [1.82, 2.24) is 10.3 Å². The summed E-state index contributed by atoms with van der Waals surface area (Å²) in [4.78, 5) is 25.3. The summed E-state index contributed by atoms with van der Waals surface area (Å²) < 4.78 is 0. The number of nitrogens with one attached hydrogen (secondary N) is 2. The van der Waals surface area contributed by atoms with Gasteiger partial charge in [-0.3, -0.25) is 14.9 Å². The number of nitro groups is 1. The monoisotopic (exact) mass is 274 g/mol. The molecule has 0 aliphatic heterocycles. The number of nitrogens with zero attached hydrogens (tertiary/aromatic N) is 2. The van der Waals surface area contributed by atoms with Gasteiger partial charge in [-0.1, -0.05) is 0 Å². The predicted molar refractivity (Wildman–Crippen MR) is 75.6 cm³/mol. The number of fused-ring (bicyclic) bond motifs is 1. The number of rotatable bonds is 5. The van der Waals surface area contributed by atoms with Crippen LogP contribution in [0.4, 0.5) is 11.4 Å². The number of aromatic nitrogens is 1. The second-order valence-corrected chi connectivity index (χ2v) is 4.20. The molecule has 0 unspecified atom stereocenters. The van der Waals surface area contributed by atoms with Gasteiger partial charge in [0, 0.05) is 43.4 Å². The van der Waals surface area contributed by atoms with Crippen molar-refractivity contribution in [2.45, 2.75) is 6.92 Å². The highest BCUT2D eigenvalue weighted by molar-refractivity contribution is 5.96. The minimum Gasteiger partial charge on any atom is -0.383 e. The summed E-state index contributed by atoms with van der Waals surface area (Å²) >= 11 is 0. The van der Waals surface area contributed by atoms with Crippen molar-refractivity contribution in [2.24, 2.45) is 0 Å². The molecule has 1 amide bonds. The molecule has 7 heteroatoms. The number of nitro benzene ring substituents is 1. The second kappa shape index (κ2) is 5.96. The predicted octanol–water partition coefficient (Wildman–Crippen LogP) is 1.69. The number of pyridine rings is 1. The number of anilines is 1. The Morgan fingerprint density at radius 3 is 2.85 bits per heavy atom. The number of carbonyl (C=O) groups is 1. The van der Waals surface area contributed by atoms with Crippen LogP contribution < -0.4 is 10.6 Å². The maximum absolute atomic E-state index is 11.0. The number of hydrogen-bond donors (Lipinski definition) is 2. The minimum atomic E-state index is -0.448. The van der Waals surface area contributed by atoms with Gasteiger partial charge in [0.2, 0.25) is 5.91 Å². The SMILES string of the molecule is CC(=O)NCCNc1ccc([N+](=O)[O-])c2ncccc12. The summed E-state index contributed by atoms with van der Waals surface area (Å²) in [6.07, 6.45) is 1.52. The van der Waals surface area contributed by atoms with Gasteiger partial charge in [0.25, 0.3) is 5.69 Å². The number of amides is 1. The van der Waals surface area contributed by atoms with Crippen LogP contribution >= 0.6 is 0 Å². The molecule has 0 spiro atoms. The Morgan fingerprint density at radius 2 is 2.15 bits per heavy atom. The van der Waals surface area contributed by atoms with E-state index in [-0.39, 0.29) is 11.6 Å². The molecule has 0 fully saturated rings. The summed E-state index contributed by atoms with van der Waals surface area (Å²) in [6, 6.07) is 6.58. The van der Waals surface area contributed by atoms with Crippen molar-refractivity contribution in [3.05, 3.63) is 40.6 Å². The number of non-ortho nitro benzene ring substituents is 1. The van der Waals surface area contributed by atoms with Crippen molar-refractivity contribution >= 4 is 28.2 Å². The average Bonchev–Trinajstić information content (AvgIpc) is 2.43. The Morgan fingerprint density at radius 1 is 1.35 bits per heavy atom.